The Kier molecular flexibility index (Phi) is 6.60. The molecule has 144 valence electrons. The van der Waals surface area contributed by atoms with Crippen LogP contribution in [0.5, 0.6) is 0 Å². The number of piperidine rings is 1. The van der Waals surface area contributed by atoms with Crippen LogP contribution in [0.15, 0.2) is 16.6 Å². The van der Waals surface area contributed by atoms with Crippen LogP contribution in [0.2, 0.25) is 0 Å². The molecule has 1 aromatic rings. The minimum absolute atomic E-state index is 0.0136. The molecule has 2 saturated heterocycles. The molecule has 8 heteroatoms. The molecule has 0 saturated carbocycles. The van der Waals surface area contributed by atoms with Gasteiger partial charge in [-0.05, 0) is 48.4 Å². The number of benzene rings is 1. The maximum atomic E-state index is 13.8. The van der Waals surface area contributed by atoms with E-state index in [0.717, 1.165) is 44.9 Å². The summed E-state index contributed by atoms with van der Waals surface area (Å²) in [4.78, 5) is 19.2. The van der Waals surface area contributed by atoms with Crippen molar-refractivity contribution in [1.29, 1.82) is 0 Å². The first-order chi connectivity index (χ1) is 12.4. The highest BCUT2D eigenvalue weighted by atomic mass is 79.9. The molecule has 1 atom stereocenters. The molecule has 1 aromatic carbocycles. The molecule has 0 aromatic heterocycles. The Morgan fingerprint density at radius 1 is 1.23 bits per heavy atom. The van der Waals surface area contributed by atoms with Gasteiger partial charge < -0.3 is 10.2 Å². The Balaban J connectivity index is 1.48. The fourth-order valence-electron chi connectivity index (χ4n) is 3.77. The number of likely N-dealkylation sites (N-methyl/N-ethyl adjacent to an activating group) is 1. The summed E-state index contributed by atoms with van der Waals surface area (Å²) < 4.78 is 27.2. The number of hydrogen-bond donors (Lipinski definition) is 1. The highest BCUT2D eigenvalue weighted by molar-refractivity contribution is 9.10. The molecule has 1 amide bonds. The highest BCUT2D eigenvalue weighted by Crippen LogP contribution is 2.26. The third-order valence-corrected chi connectivity index (χ3v) is 5.79. The molecule has 3 rings (SSSR count). The summed E-state index contributed by atoms with van der Waals surface area (Å²) in [5.41, 5.74) is -0.0136. The van der Waals surface area contributed by atoms with Gasteiger partial charge >= 0.3 is 0 Å². The molecule has 2 heterocycles. The van der Waals surface area contributed by atoms with E-state index in [1.54, 1.807) is 0 Å². The average molecular weight is 431 g/mol. The lowest BCUT2D eigenvalue weighted by molar-refractivity contribution is -0.117. The number of nitrogens with zero attached hydrogens (tertiary/aromatic N) is 3. The minimum atomic E-state index is -0.781. The van der Waals surface area contributed by atoms with Crippen molar-refractivity contribution in [3.05, 3.63) is 28.2 Å². The summed E-state index contributed by atoms with van der Waals surface area (Å²) in [6.07, 6.45) is 2.48. The standard InChI is InChI=1S/C18H25BrF2N4O/c1-23-4-2-3-14(11-23)25-7-5-24(6-8-25)12-17(26)22-18-15(19)9-13(20)10-16(18)21/h9-10,14H,2-8,11-12H2,1H3,(H,22,26). The van der Waals surface area contributed by atoms with E-state index < -0.39 is 11.6 Å². The number of anilines is 1. The summed E-state index contributed by atoms with van der Waals surface area (Å²) in [6.45, 7) is 6.02. The molecule has 0 bridgehead atoms. The fourth-order valence-corrected chi connectivity index (χ4v) is 4.27. The van der Waals surface area contributed by atoms with E-state index in [2.05, 4.69) is 43.0 Å². The van der Waals surface area contributed by atoms with Gasteiger partial charge in [0.1, 0.15) is 5.82 Å². The summed E-state index contributed by atoms with van der Waals surface area (Å²) in [5, 5.41) is 2.54. The zero-order valence-electron chi connectivity index (χ0n) is 15.0. The van der Waals surface area contributed by atoms with Gasteiger partial charge in [0.05, 0.1) is 12.2 Å². The van der Waals surface area contributed by atoms with Gasteiger partial charge in [0.2, 0.25) is 5.91 Å². The molecule has 2 fully saturated rings. The molecule has 26 heavy (non-hydrogen) atoms. The predicted molar refractivity (Wildman–Crippen MR) is 101 cm³/mol. The third kappa shape index (κ3) is 5.00. The summed E-state index contributed by atoms with van der Waals surface area (Å²) in [6, 6.07) is 2.51. The predicted octanol–water partition coefficient (Wildman–Crippen LogP) is 2.38. The van der Waals surface area contributed by atoms with Gasteiger partial charge in [0, 0.05) is 49.3 Å². The van der Waals surface area contributed by atoms with Crippen LogP contribution in [0.1, 0.15) is 12.8 Å². The van der Waals surface area contributed by atoms with Crippen molar-refractivity contribution >= 4 is 27.5 Å². The van der Waals surface area contributed by atoms with Gasteiger partial charge in [0.25, 0.3) is 0 Å². The van der Waals surface area contributed by atoms with Crippen LogP contribution in [0.25, 0.3) is 0 Å². The second-order valence-corrected chi connectivity index (χ2v) is 8.02. The molecule has 1 N–H and O–H groups in total. The van der Waals surface area contributed by atoms with Crippen molar-refractivity contribution in [2.45, 2.75) is 18.9 Å². The summed E-state index contributed by atoms with van der Waals surface area (Å²) in [7, 11) is 2.17. The van der Waals surface area contributed by atoms with Gasteiger partial charge in [-0.1, -0.05) is 0 Å². The monoisotopic (exact) mass is 430 g/mol. The zero-order chi connectivity index (χ0) is 18.7. The largest absolute Gasteiger partial charge is 0.322 e. The van der Waals surface area contributed by atoms with Crippen molar-refractivity contribution in [3.8, 4) is 0 Å². The lowest BCUT2D eigenvalue weighted by atomic mass is 10.0. The quantitative estimate of drug-likeness (QED) is 0.795. The highest BCUT2D eigenvalue weighted by Gasteiger charge is 2.27. The Morgan fingerprint density at radius 2 is 1.96 bits per heavy atom. The normalized spacial score (nSPS) is 23.2. The van der Waals surface area contributed by atoms with E-state index in [4.69, 9.17) is 0 Å². The topological polar surface area (TPSA) is 38.8 Å². The third-order valence-electron chi connectivity index (χ3n) is 5.16. The van der Waals surface area contributed by atoms with Gasteiger partial charge in [-0.2, -0.15) is 0 Å². The Bertz CT molecular complexity index is 629. The number of rotatable bonds is 4. The van der Waals surface area contributed by atoms with E-state index in [9.17, 15) is 13.6 Å². The number of nitrogens with one attached hydrogen (secondary N) is 1. The molecule has 0 spiro atoms. The van der Waals surface area contributed by atoms with E-state index in [-0.39, 0.29) is 22.6 Å². The number of carbonyl (C=O) groups excluding carboxylic acids is 1. The van der Waals surface area contributed by atoms with Crippen LogP contribution < -0.4 is 5.32 Å². The van der Waals surface area contributed by atoms with E-state index in [1.165, 1.54) is 19.4 Å². The Hall–Kier alpha value is -1.09. The number of carbonyl (C=O) groups is 1. The van der Waals surface area contributed by atoms with Crippen LogP contribution in [-0.2, 0) is 4.79 Å². The fraction of sp³-hybridized carbons (Fsp3) is 0.611. The number of halogens is 3. The Labute approximate surface area is 161 Å². The van der Waals surface area contributed by atoms with Gasteiger partial charge in [-0.3, -0.25) is 14.6 Å². The van der Waals surface area contributed by atoms with Crippen LogP contribution >= 0.6 is 15.9 Å². The van der Waals surface area contributed by atoms with E-state index in [1.807, 2.05) is 0 Å². The molecular formula is C18H25BrF2N4O. The second-order valence-electron chi connectivity index (χ2n) is 7.16. The molecule has 1 unspecified atom stereocenters. The lowest BCUT2D eigenvalue weighted by Gasteiger charge is -2.42. The molecule has 2 aliphatic heterocycles. The van der Waals surface area contributed by atoms with Gasteiger partial charge in [-0.25, -0.2) is 8.78 Å². The molecule has 0 aliphatic carbocycles. The summed E-state index contributed by atoms with van der Waals surface area (Å²) in [5.74, 6) is -1.75. The molecule has 0 radical (unpaired) electrons. The van der Waals surface area contributed by atoms with Gasteiger partial charge in [-0.15, -0.1) is 0 Å². The van der Waals surface area contributed by atoms with Crippen LogP contribution in [0, 0.1) is 11.6 Å². The molecule has 2 aliphatic rings. The molecular weight excluding hydrogens is 406 g/mol. The van der Waals surface area contributed by atoms with Crippen LogP contribution in [0.3, 0.4) is 0 Å². The van der Waals surface area contributed by atoms with Gasteiger partial charge in [0.15, 0.2) is 5.82 Å². The van der Waals surface area contributed by atoms with E-state index in [0.29, 0.717) is 6.04 Å². The number of piperazine rings is 1. The maximum absolute atomic E-state index is 13.8. The summed E-state index contributed by atoms with van der Waals surface area (Å²) >= 11 is 3.09. The first-order valence-electron chi connectivity index (χ1n) is 9.01. The number of hydrogen-bond acceptors (Lipinski definition) is 4. The number of likely N-dealkylation sites (tertiary alicyclic amines) is 1. The second kappa shape index (κ2) is 8.73. The maximum Gasteiger partial charge on any atom is 0.238 e. The van der Waals surface area contributed by atoms with Crippen LogP contribution in [-0.4, -0.2) is 79.5 Å². The zero-order valence-corrected chi connectivity index (χ0v) is 16.6. The van der Waals surface area contributed by atoms with Crippen LogP contribution in [0.4, 0.5) is 14.5 Å². The number of amides is 1. The lowest BCUT2D eigenvalue weighted by Crippen LogP contribution is -2.55. The first kappa shape index (κ1) is 19.7. The van der Waals surface area contributed by atoms with Crippen molar-refractivity contribution in [2.24, 2.45) is 0 Å². The van der Waals surface area contributed by atoms with Crippen molar-refractivity contribution in [1.82, 2.24) is 14.7 Å². The Morgan fingerprint density at radius 3 is 2.62 bits per heavy atom. The minimum Gasteiger partial charge on any atom is -0.322 e. The van der Waals surface area contributed by atoms with Crippen molar-refractivity contribution in [3.63, 3.8) is 0 Å². The van der Waals surface area contributed by atoms with Crippen molar-refractivity contribution < 1.29 is 13.6 Å². The smallest absolute Gasteiger partial charge is 0.238 e. The first-order valence-corrected chi connectivity index (χ1v) is 9.81. The molecule has 5 nitrogen and oxygen atoms in total. The van der Waals surface area contributed by atoms with Crippen molar-refractivity contribution in [2.75, 3.05) is 58.2 Å². The van der Waals surface area contributed by atoms with E-state index >= 15 is 0 Å². The average Bonchev–Trinajstić information content (AvgIpc) is 2.59. The SMILES string of the molecule is CN1CCCC(N2CCN(CC(=O)Nc3c(F)cc(F)cc3Br)CC2)C1.